The summed E-state index contributed by atoms with van der Waals surface area (Å²) >= 11 is 6.03. The van der Waals surface area contributed by atoms with Crippen LogP contribution in [0.1, 0.15) is 42.9 Å². The van der Waals surface area contributed by atoms with Gasteiger partial charge in [-0.05, 0) is 62.4 Å². The minimum atomic E-state index is -2.95. The van der Waals surface area contributed by atoms with E-state index in [9.17, 15) is 8.42 Å². The van der Waals surface area contributed by atoms with Gasteiger partial charge in [0.25, 0.3) is 0 Å². The van der Waals surface area contributed by atoms with Gasteiger partial charge in [-0.2, -0.15) is 0 Å². The molecule has 0 spiro atoms. The van der Waals surface area contributed by atoms with Crippen molar-refractivity contribution in [2.24, 2.45) is 5.92 Å². The van der Waals surface area contributed by atoms with Crippen LogP contribution < -0.4 is 5.32 Å². The minimum absolute atomic E-state index is 0.187. The van der Waals surface area contributed by atoms with Gasteiger partial charge in [0.2, 0.25) is 0 Å². The summed E-state index contributed by atoms with van der Waals surface area (Å²) in [6, 6.07) is 6.12. The SMILES string of the molecule is CNC(c1ccc(Cl)cc1C)C1CCCC(S(C)(=O)=O)C1. The molecule has 3 atom stereocenters. The minimum Gasteiger partial charge on any atom is -0.313 e. The number of sulfone groups is 1. The molecule has 0 radical (unpaired) electrons. The van der Waals surface area contributed by atoms with Crippen LogP contribution in [0.15, 0.2) is 18.2 Å². The molecule has 0 aromatic heterocycles. The van der Waals surface area contributed by atoms with E-state index in [0.29, 0.717) is 5.92 Å². The van der Waals surface area contributed by atoms with Crippen molar-refractivity contribution < 1.29 is 8.42 Å². The first-order chi connectivity index (χ1) is 9.82. The topological polar surface area (TPSA) is 46.2 Å². The molecule has 1 fully saturated rings. The lowest BCUT2D eigenvalue weighted by Gasteiger charge is -2.34. The van der Waals surface area contributed by atoms with Crippen LogP contribution in [0.25, 0.3) is 0 Å². The zero-order chi connectivity index (χ0) is 15.6. The molecule has 0 saturated heterocycles. The molecule has 2 rings (SSSR count). The summed E-state index contributed by atoms with van der Waals surface area (Å²) in [6.07, 6.45) is 4.95. The number of hydrogen-bond acceptors (Lipinski definition) is 3. The van der Waals surface area contributed by atoms with Crippen molar-refractivity contribution in [1.29, 1.82) is 0 Å². The second kappa shape index (κ2) is 6.67. The normalized spacial score (nSPS) is 24.8. The maximum atomic E-state index is 11.9. The molecule has 1 aliphatic rings. The molecule has 3 unspecified atom stereocenters. The molecule has 0 bridgehead atoms. The molecule has 21 heavy (non-hydrogen) atoms. The van der Waals surface area contributed by atoms with E-state index in [2.05, 4.69) is 18.3 Å². The van der Waals surface area contributed by atoms with Gasteiger partial charge >= 0.3 is 0 Å². The molecule has 3 nitrogen and oxygen atoms in total. The van der Waals surface area contributed by atoms with Crippen molar-refractivity contribution in [3.63, 3.8) is 0 Å². The Hall–Kier alpha value is -0.580. The van der Waals surface area contributed by atoms with E-state index in [1.807, 2.05) is 19.2 Å². The van der Waals surface area contributed by atoms with Crippen molar-refractivity contribution in [1.82, 2.24) is 5.32 Å². The average molecular weight is 330 g/mol. The van der Waals surface area contributed by atoms with E-state index in [-0.39, 0.29) is 11.3 Å². The molecule has 0 amide bonds. The van der Waals surface area contributed by atoms with Crippen molar-refractivity contribution in [3.05, 3.63) is 34.3 Å². The van der Waals surface area contributed by atoms with E-state index < -0.39 is 9.84 Å². The van der Waals surface area contributed by atoms with Gasteiger partial charge in [-0.1, -0.05) is 24.1 Å². The summed E-state index contributed by atoms with van der Waals surface area (Å²) in [5.74, 6) is 0.350. The fraction of sp³-hybridized carbons (Fsp3) is 0.625. The fourth-order valence-corrected chi connectivity index (χ4v) is 4.92. The first-order valence-electron chi connectivity index (χ1n) is 7.45. The molecule has 1 N–H and O–H groups in total. The monoisotopic (exact) mass is 329 g/mol. The first kappa shape index (κ1) is 16.8. The third-order valence-electron chi connectivity index (χ3n) is 4.62. The molecule has 1 aromatic rings. The van der Waals surface area contributed by atoms with Crippen molar-refractivity contribution >= 4 is 21.4 Å². The van der Waals surface area contributed by atoms with Gasteiger partial charge in [0.05, 0.1) is 5.25 Å². The zero-order valence-corrected chi connectivity index (χ0v) is 14.5. The first-order valence-corrected chi connectivity index (χ1v) is 9.78. The third kappa shape index (κ3) is 3.99. The Morgan fingerprint density at radius 3 is 2.62 bits per heavy atom. The summed E-state index contributed by atoms with van der Waals surface area (Å²) in [5.41, 5.74) is 2.38. The van der Waals surface area contributed by atoms with E-state index >= 15 is 0 Å². The van der Waals surface area contributed by atoms with Crippen molar-refractivity contribution in [3.8, 4) is 0 Å². The largest absolute Gasteiger partial charge is 0.313 e. The summed E-state index contributed by atoms with van der Waals surface area (Å²) in [6.45, 7) is 2.06. The molecule has 5 heteroatoms. The van der Waals surface area contributed by atoms with E-state index in [4.69, 9.17) is 11.6 Å². The lowest BCUT2D eigenvalue weighted by Crippen LogP contribution is -2.34. The molecule has 1 saturated carbocycles. The molecular weight excluding hydrogens is 306 g/mol. The van der Waals surface area contributed by atoms with E-state index in [1.54, 1.807) is 0 Å². The van der Waals surface area contributed by atoms with Gasteiger partial charge in [-0.3, -0.25) is 0 Å². The van der Waals surface area contributed by atoms with Crippen LogP contribution >= 0.6 is 11.6 Å². The van der Waals surface area contributed by atoms with Crippen LogP contribution in [0.2, 0.25) is 5.02 Å². The van der Waals surface area contributed by atoms with Crippen LogP contribution in [-0.2, 0) is 9.84 Å². The Balaban J connectivity index is 2.24. The number of rotatable bonds is 4. The Morgan fingerprint density at radius 1 is 1.33 bits per heavy atom. The van der Waals surface area contributed by atoms with Crippen LogP contribution in [0, 0.1) is 12.8 Å². The second-order valence-electron chi connectivity index (χ2n) is 6.15. The lowest BCUT2D eigenvalue weighted by molar-refractivity contribution is 0.282. The number of benzene rings is 1. The van der Waals surface area contributed by atoms with E-state index in [1.165, 1.54) is 11.8 Å². The molecule has 1 aromatic carbocycles. The lowest BCUT2D eigenvalue weighted by atomic mass is 9.80. The summed E-state index contributed by atoms with van der Waals surface area (Å²) in [7, 11) is -1.00. The summed E-state index contributed by atoms with van der Waals surface area (Å²) in [5, 5.41) is 3.93. The maximum absolute atomic E-state index is 11.9. The fourth-order valence-electron chi connectivity index (χ4n) is 3.51. The van der Waals surface area contributed by atoms with Gasteiger partial charge < -0.3 is 5.32 Å². The molecule has 1 aliphatic carbocycles. The molecule has 0 aliphatic heterocycles. The highest BCUT2D eigenvalue weighted by molar-refractivity contribution is 7.91. The maximum Gasteiger partial charge on any atom is 0.150 e. The predicted molar refractivity (Wildman–Crippen MR) is 88.6 cm³/mol. The van der Waals surface area contributed by atoms with Crippen molar-refractivity contribution in [2.75, 3.05) is 13.3 Å². The summed E-state index contributed by atoms with van der Waals surface area (Å²) < 4.78 is 23.7. The smallest absolute Gasteiger partial charge is 0.150 e. The molecule has 0 heterocycles. The van der Waals surface area contributed by atoms with Gasteiger partial charge in [-0.25, -0.2) is 8.42 Å². The van der Waals surface area contributed by atoms with Gasteiger partial charge in [0.1, 0.15) is 9.84 Å². The van der Waals surface area contributed by atoms with Crippen LogP contribution in [-0.4, -0.2) is 27.0 Å². The van der Waals surface area contributed by atoms with E-state index in [0.717, 1.165) is 36.3 Å². The van der Waals surface area contributed by atoms with Gasteiger partial charge in [0.15, 0.2) is 0 Å². The van der Waals surface area contributed by atoms with Crippen LogP contribution in [0.3, 0.4) is 0 Å². The highest BCUT2D eigenvalue weighted by atomic mass is 35.5. The average Bonchev–Trinajstić information content (AvgIpc) is 2.41. The Bertz CT molecular complexity index is 600. The van der Waals surface area contributed by atoms with Crippen LogP contribution in [0.4, 0.5) is 0 Å². The predicted octanol–water partition coefficient (Wildman–Crippen LogP) is 3.51. The Labute approximate surface area is 133 Å². The highest BCUT2D eigenvalue weighted by Gasteiger charge is 2.33. The number of hydrogen-bond donors (Lipinski definition) is 1. The van der Waals surface area contributed by atoms with Crippen LogP contribution in [0.5, 0.6) is 0 Å². The number of nitrogens with one attached hydrogen (secondary N) is 1. The number of halogens is 1. The highest BCUT2D eigenvalue weighted by Crippen LogP contribution is 2.38. The third-order valence-corrected chi connectivity index (χ3v) is 6.50. The van der Waals surface area contributed by atoms with Crippen molar-refractivity contribution in [2.45, 2.75) is 43.9 Å². The summed E-state index contributed by atoms with van der Waals surface area (Å²) in [4.78, 5) is 0. The molecular formula is C16H24ClNO2S. The standard InChI is InChI=1S/C16H24ClNO2S/c1-11-9-13(17)7-8-15(11)16(18-2)12-5-4-6-14(10-12)21(3,19)20/h7-9,12,14,16,18H,4-6,10H2,1-3H3. The Morgan fingerprint density at radius 2 is 2.05 bits per heavy atom. The Kier molecular flexibility index (Phi) is 5.33. The molecule has 118 valence electrons. The van der Waals surface area contributed by atoms with Gasteiger partial charge in [-0.15, -0.1) is 0 Å². The quantitative estimate of drug-likeness (QED) is 0.919. The zero-order valence-electron chi connectivity index (χ0n) is 12.9. The van der Waals surface area contributed by atoms with Gasteiger partial charge in [0, 0.05) is 17.3 Å². The number of aryl methyl sites for hydroxylation is 1. The second-order valence-corrected chi connectivity index (χ2v) is 8.91.